The summed E-state index contributed by atoms with van der Waals surface area (Å²) in [5, 5.41) is 22.3. The van der Waals surface area contributed by atoms with E-state index in [1.54, 1.807) is 24.0 Å². The van der Waals surface area contributed by atoms with Gasteiger partial charge in [-0.15, -0.1) is 10.2 Å². The monoisotopic (exact) mass is 389 g/mol. The summed E-state index contributed by atoms with van der Waals surface area (Å²) in [7, 11) is 0. The van der Waals surface area contributed by atoms with Crippen LogP contribution in [-0.4, -0.2) is 31.0 Å². The summed E-state index contributed by atoms with van der Waals surface area (Å²) in [6.07, 6.45) is 3.71. The van der Waals surface area contributed by atoms with Gasteiger partial charge in [0.25, 0.3) is 0 Å². The van der Waals surface area contributed by atoms with Crippen molar-refractivity contribution >= 4 is 23.1 Å². The average molecular weight is 389 g/mol. The Morgan fingerprint density at radius 2 is 1.86 bits per heavy atom. The lowest BCUT2D eigenvalue weighted by Crippen LogP contribution is -2.15. The van der Waals surface area contributed by atoms with E-state index in [1.165, 1.54) is 0 Å². The van der Waals surface area contributed by atoms with Crippen LogP contribution in [-0.2, 0) is 11.2 Å². The normalized spacial score (nSPS) is 10.7. The quantitative estimate of drug-likeness (QED) is 0.521. The third kappa shape index (κ3) is 4.29. The van der Waals surface area contributed by atoms with E-state index < -0.39 is 0 Å². The van der Waals surface area contributed by atoms with Crippen molar-refractivity contribution in [2.24, 2.45) is 0 Å². The second-order valence-electron chi connectivity index (χ2n) is 6.46. The number of hydrogen-bond acceptors (Lipinski definition) is 7. The number of carbonyl (C=O) groups is 1. The van der Waals surface area contributed by atoms with Crippen LogP contribution < -0.4 is 10.6 Å². The van der Waals surface area contributed by atoms with Gasteiger partial charge in [0, 0.05) is 29.3 Å². The highest BCUT2D eigenvalue weighted by atomic mass is 16.5. The van der Waals surface area contributed by atoms with Gasteiger partial charge in [-0.05, 0) is 56.3 Å². The molecule has 3 heterocycles. The van der Waals surface area contributed by atoms with Crippen molar-refractivity contribution in [3.05, 3.63) is 71.9 Å². The molecule has 3 aromatic heterocycles. The molecule has 0 spiro atoms. The summed E-state index contributed by atoms with van der Waals surface area (Å²) in [5.41, 5.74) is 3.08. The molecule has 0 atom stereocenters. The summed E-state index contributed by atoms with van der Waals surface area (Å²) in [6.45, 7) is 3.62. The lowest BCUT2D eigenvalue weighted by atomic mass is 10.1. The second-order valence-corrected chi connectivity index (χ2v) is 6.46. The summed E-state index contributed by atoms with van der Waals surface area (Å²) in [6, 6.07) is 12.8. The fraction of sp³-hybridized carbons (Fsp3) is 0.150. The van der Waals surface area contributed by atoms with Crippen LogP contribution in [0.4, 0.5) is 17.2 Å². The Morgan fingerprint density at radius 1 is 1.07 bits per heavy atom. The van der Waals surface area contributed by atoms with E-state index in [-0.39, 0.29) is 12.3 Å². The summed E-state index contributed by atoms with van der Waals surface area (Å²) in [4.78, 5) is 12.3. The first-order valence-electron chi connectivity index (χ1n) is 9.01. The van der Waals surface area contributed by atoms with E-state index in [2.05, 4.69) is 31.1 Å². The Hall–Kier alpha value is -4.01. The van der Waals surface area contributed by atoms with Gasteiger partial charge < -0.3 is 15.2 Å². The first kappa shape index (κ1) is 18.4. The number of aryl methyl sites for hydroxylation is 2. The molecule has 0 bridgehead atoms. The molecule has 0 aliphatic rings. The summed E-state index contributed by atoms with van der Waals surface area (Å²) < 4.78 is 6.73. The fourth-order valence-corrected chi connectivity index (χ4v) is 2.82. The molecule has 0 aliphatic carbocycles. The van der Waals surface area contributed by atoms with Gasteiger partial charge in [0.1, 0.15) is 5.76 Å². The SMILES string of the molecule is Cc1noc(C)c1CC(=O)Nc1ccc(Nc2ccc(-n3cccn3)nn2)cc1. The van der Waals surface area contributed by atoms with Gasteiger partial charge >= 0.3 is 0 Å². The molecule has 9 nitrogen and oxygen atoms in total. The van der Waals surface area contributed by atoms with Crippen molar-refractivity contribution < 1.29 is 9.32 Å². The Kier molecular flexibility index (Phi) is 5.02. The molecule has 0 saturated carbocycles. The molecule has 0 aliphatic heterocycles. The Morgan fingerprint density at radius 3 is 2.48 bits per heavy atom. The summed E-state index contributed by atoms with van der Waals surface area (Å²) in [5.74, 6) is 1.78. The molecule has 0 saturated heterocycles. The number of nitrogens with zero attached hydrogens (tertiary/aromatic N) is 5. The van der Waals surface area contributed by atoms with E-state index in [1.807, 2.05) is 49.4 Å². The van der Waals surface area contributed by atoms with Gasteiger partial charge in [-0.2, -0.15) is 5.10 Å². The van der Waals surface area contributed by atoms with Crippen molar-refractivity contribution in [2.45, 2.75) is 20.3 Å². The molecule has 4 aromatic rings. The highest BCUT2D eigenvalue weighted by Crippen LogP contribution is 2.19. The van der Waals surface area contributed by atoms with Crippen molar-refractivity contribution in [3.8, 4) is 5.82 Å². The maximum atomic E-state index is 12.3. The topological polar surface area (TPSA) is 111 Å². The highest BCUT2D eigenvalue weighted by Gasteiger charge is 2.13. The zero-order chi connectivity index (χ0) is 20.2. The predicted molar refractivity (Wildman–Crippen MR) is 107 cm³/mol. The molecule has 0 unspecified atom stereocenters. The van der Waals surface area contributed by atoms with Gasteiger partial charge in [0.05, 0.1) is 12.1 Å². The first-order chi connectivity index (χ1) is 14.1. The number of carbonyl (C=O) groups excluding carboxylic acids is 1. The minimum Gasteiger partial charge on any atom is -0.361 e. The maximum absolute atomic E-state index is 12.3. The minimum absolute atomic E-state index is 0.125. The number of anilines is 3. The van der Waals surface area contributed by atoms with Crippen LogP contribution in [0.1, 0.15) is 17.0 Å². The molecule has 146 valence electrons. The van der Waals surface area contributed by atoms with E-state index in [0.29, 0.717) is 23.1 Å². The maximum Gasteiger partial charge on any atom is 0.228 e. The van der Waals surface area contributed by atoms with E-state index >= 15 is 0 Å². The lowest BCUT2D eigenvalue weighted by molar-refractivity contribution is -0.115. The molecule has 2 N–H and O–H groups in total. The largest absolute Gasteiger partial charge is 0.361 e. The molecule has 4 rings (SSSR count). The van der Waals surface area contributed by atoms with Crippen LogP contribution in [0.2, 0.25) is 0 Å². The van der Waals surface area contributed by atoms with Gasteiger partial charge in [0.2, 0.25) is 5.91 Å². The van der Waals surface area contributed by atoms with Crippen LogP contribution in [0.15, 0.2) is 59.4 Å². The Labute approximate surface area is 166 Å². The third-order valence-corrected chi connectivity index (χ3v) is 4.35. The zero-order valence-electron chi connectivity index (χ0n) is 16.0. The van der Waals surface area contributed by atoms with E-state index in [0.717, 1.165) is 16.9 Å². The molecular formula is C20H19N7O2. The fourth-order valence-electron chi connectivity index (χ4n) is 2.82. The number of benzene rings is 1. The van der Waals surface area contributed by atoms with Crippen molar-refractivity contribution in [1.29, 1.82) is 0 Å². The number of aromatic nitrogens is 5. The smallest absolute Gasteiger partial charge is 0.228 e. The van der Waals surface area contributed by atoms with Gasteiger partial charge in [0.15, 0.2) is 11.6 Å². The van der Waals surface area contributed by atoms with Crippen molar-refractivity contribution in [2.75, 3.05) is 10.6 Å². The molecule has 1 aromatic carbocycles. The second kappa shape index (κ2) is 7.93. The van der Waals surface area contributed by atoms with Crippen LogP contribution in [0.3, 0.4) is 0 Å². The van der Waals surface area contributed by atoms with Gasteiger partial charge in [-0.3, -0.25) is 4.79 Å². The molecule has 29 heavy (non-hydrogen) atoms. The number of hydrogen-bond donors (Lipinski definition) is 2. The van der Waals surface area contributed by atoms with Crippen LogP contribution in [0.25, 0.3) is 5.82 Å². The Balaban J connectivity index is 1.36. The summed E-state index contributed by atoms with van der Waals surface area (Å²) >= 11 is 0. The number of rotatable bonds is 6. The Bertz CT molecular complexity index is 1080. The van der Waals surface area contributed by atoms with Gasteiger partial charge in [-0.25, -0.2) is 4.68 Å². The van der Waals surface area contributed by atoms with Crippen LogP contribution in [0, 0.1) is 13.8 Å². The lowest BCUT2D eigenvalue weighted by Gasteiger charge is -2.08. The molecule has 0 fully saturated rings. The number of nitrogens with one attached hydrogen (secondary N) is 2. The standard InChI is InChI=1S/C20H19N7O2/c1-13-17(14(2)29-26-13)12-20(28)23-16-6-4-15(5-7-16)22-18-8-9-19(25-24-18)27-11-3-10-21-27/h3-11H,12H2,1-2H3,(H,22,24)(H,23,28). The third-order valence-electron chi connectivity index (χ3n) is 4.35. The average Bonchev–Trinajstić information content (AvgIpc) is 3.36. The van der Waals surface area contributed by atoms with E-state index in [4.69, 9.17) is 4.52 Å². The van der Waals surface area contributed by atoms with E-state index in [9.17, 15) is 4.79 Å². The zero-order valence-corrected chi connectivity index (χ0v) is 16.0. The molecular weight excluding hydrogens is 370 g/mol. The molecule has 1 amide bonds. The first-order valence-corrected chi connectivity index (χ1v) is 9.01. The molecule has 9 heteroatoms. The van der Waals surface area contributed by atoms with Crippen molar-refractivity contribution in [1.82, 2.24) is 25.1 Å². The number of amides is 1. The van der Waals surface area contributed by atoms with Crippen LogP contribution >= 0.6 is 0 Å². The van der Waals surface area contributed by atoms with Crippen molar-refractivity contribution in [3.63, 3.8) is 0 Å². The molecule has 0 radical (unpaired) electrons. The minimum atomic E-state index is -0.125. The predicted octanol–water partition coefficient (Wildman–Crippen LogP) is 3.19. The van der Waals surface area contributed by atoms with Crippen LogP contribution in [0.5, 0.6) is 0 Å². The highest BCUT2D eigenvalue weighted by molar-refractivity contribution is 5.92. The van der Waals surface area contributed by atoms with Gasteiger partial charge in [-0.1, -0.05) is 5.16 Å².